The van der Waals surface area contributed by atoms with Gasteiger partial charge in [0.25, 0.3) is 5.69 Å². The third-order valence-electron chi connectivity index (χ3n) is 3.80. The molecule has 1 heterocycles. The molecule has 1 aliphatic heterocycles. The van der Waals surface area contributed by atoms with E-state index in [9.17, 15) is 18.9 Å². The SMILES string of the molecule is CC1CCCC(CN)N1c1c([N+](=O)[O-])ccc(F)c1F. The first-order valence-corrected chi connectivity index (χ1v) is 6.58. The van der Waals surface area contributed by atoms with E-state index in [1.54, 1.807) is 4.90 Å². The number of rotatable bonds is 3. The first-order valence-electron chi connectivity index (χ1n) is 6.58. The fourth-order valence-electron chi connectivity index (χ4n) is 2.84. The number of nitro benzene ring substituents is 1. The number of nitrogens with zero attached hydrogens (tertiary/aromatic N) is 2. The van der Waals surface area contributed by atoms with Crippen LogP contribution in [0.2, 0.25) is 0 Å². The summed E-state index contributed by atoms with van der Waals surface area (Å²) < 4.78 is 27.6. The Kier molecular flexibility index (Phi) is 4.17. The summed E-state index contributed by atoms with van der Waals surface area (Å²) in [5.41, 5.74) is 4.98. The zero-order valence-corrected chi connectivity index (χ0v) is 11.2. The van der Waals surface area contributed by atoms with Gasteiger partial charge in [-0.1, -0.05) is 0 Å². The first-order chi connectivity index (χ1) is 9.47. The Labute approximate surface area is 115 Å². The molecule has 0 radical (unpaired) electrons. The largest absolute Gasteiger partial charge is 0.357 e. The minimum Gasteiger partial charge on any atom is -0.357 e. The molecule has 0 amide bonds. The number of benzene rings is 1. The van der Waals surface area contributed by atoms with Crippen LogP contribution in [0.25, 0.3) is 0 Å². The van der Waals surface area contributed by atoms with Crippen molar-refractivity contribution in [3.63, 3.8) is 0 Å². The average Bonchev–Trinajstić information content (AvgIpc) is 2.41. The smallest absolute Gasteiger partial charge is 0.295 e. The Morgan fingerprint density at radius 1 is 1.45 bits per heavy atom. The number of nitro groups is 1. The number of nitrogens with two attached hydrogens (primary N) is 1. The summed E-state index contributed by atoms with van der Waals surface area (Å²) in [7, 11) is 0. The Hall–Kier alpha value is -1.76. The third-order valence-corrected chi connectivity index (χ3v) is 3.80. The van der Waals surface area contributed by atoms with Crippen LogP contribution in [0.5, 0.6) is 0 Å². The average molecular weight is 285 g/mol. The molecule has 0 aliphatic carbocycles. The zero-order valence-electron chi connectivity index (χ0n) is 11.2. The minimum atomic E-state index is -1.17. The van der Waals surface area contributed by atoms with Crippen molar-refractivity contribution in [3.8, 4) is 0 Å². The maximum Gasteiger partial charge on any atom is 0.295 e. The van der Waals surface area contributed by atoms with Crippen LogP contribution in [-0.4, -0.2) is 23.6 Å². The predicted molar refractivity (Wildman–Crippen MR) is 71.6 cm³/mol. The second-order valence-electron chi connectivity index (χ2n) is 5.06. The van der Waals surface area contributed by atoms with Crippen LogP contribution in [0.3, 0.4) is 0 Å². The normalized spacial score (nSPS) is 22.9. The fourth-order valence-corrected chi connectivity index (χ4v) is 2.84. The van der Waals surface area contributed by atoms with Crippen molar-refractivity contribution >= 4 is 11.4 Å². The van der Waals surface area contributed by atoms with E-state index in [0.717, 1.165) is 25.0 Å². The third kappa shape index (κ3) is 2.45. The summed E-state index contributed by atoms with van der Waals surface area (Å²) in [6, 6.07) is 1.45. The molecule has 1 aromatic carbocycles. The van der Waals surface area contributed by atoms with E-state index in [1.165, 1.54) is 0 Å². The molecule has 0 saturated carbocycles. The number of hydrogen-bond donors (Lipinski definition) is 1. The predicted octanol–water partition coefficient (Wildman–Crippen LogP) is 2.58. The van der Waals surface area contributed by atoms with Gasteiger partial charge in [0, 0.05) is 24.7 Å². The van der Waals surface area contributed by atoms with E-state index in [2.05, 4.69) is 0 Å². The van der Waals surface area contributed by atoms with Gasteiger partial charge in [0.2, 0.25) is 0 Å². The highest BCUT2D eigenvalue weighted by Gasteiger charge is 2.35. The summed E-state index contributed by atoms with van der Waals surface area (Å²) in [6.07, 6.45) is 2.40. The monoisotopic (exact) mass is 285 g/mol. The molecule has 7 heteroatoms. The molecule has 2 rings (SSSR count). The Morgan fingerprint density at radius 2 is 2.15 bits per heavy atom. The van der Waals surface area contributed by atoms with Gasteiger partial charge in [-0.2, -0.15) is 0 Å². The molecular formula is C13H17F2N3O2. The molecule has 2 N–H and O–H groups in total. The van der Waals surface area contributed by atoms with Gasteiger partial charge >= 0.3 is 0 Å². The fraction of sp³-hybridized carbons (Fsp3) is 0.538. The van der Waals surface area contributed by atoms with E-state index in [4.69, 9.17) is 5.73 Å². The second-order valence-corrected chi connectivity index (χ2v) is 5.06. The Morgan fingerprint density at radius 3 is 2.75 bits per heavy atom. The summed E-state index contributed by atoms with van der Waals surface area (Å²) in [5.74, 6) is -2.26. The van der Waals surface area contributed by atoms with E-state index in [1.807, 2.05) is 6.92 Å². The standard InChI is InChI=1S/C13H17F2N3O2/c1-8-3-2-4-9(7-16)17(8)13-11(18(19)20)6-5-10(14)12(13)15/h5-6,8-9H,2-4,7,16H2,1H3. The van der Waals surface area contributed by atoms with Crippen molar-refractivity contribution in [2.24, 2.45) is 5.73 Å². The van der Waals surface area contributed by atoms with Crippen LogP contribution in [0.4, 0.5) is 20.2 Å². The lowest BCUT2D eigenvalue weighted by molar-refractivity contribution is -0.384. The summed E-state index contributed by atoms with van der Waals surface area (Å²) in [5, 5.41) is 11.1. The van der Waals surface area contributed by atoms with E-state index in [0.29, 0.717) is 6.42 Å². The van der Waals surface area contributed by atoms with Crippen molar-refractivity contribution in [1.29, 1.82) is 0 Å². The van der Waals surface area contributed by atoms with Crippen LogP contribution < -0.4 is 10.6 Å². The van der Waals surface area contributed by atoms with Crippen LogP contribution in [-0.2, 0) is 0 Å². The highest BCUT2D eigenvalue weighted by Crippen LogP contribution is 2.38. The number of hydrogen-bond acceptors (Lipinski definition) is 4. The van der Waals surface area contributed by atoms with Crippen LogP contribution >= 0.6 is 0 Å². The molecule has 5 nitrogen and oxygen atoms in total. The van der Waals surface area contributed by atoms with E-state index >= 15 is 0 Å². The van der Waals surface area contributed by atoms with E-state index < -0.39 is 22.2 Å². The highest BCUT2D eigenvalue weighted by molar-refractivity contribution is 5.65. The maximum absolute atomic E-state index is 14.1. The van der Waals surface area contributed by atoms with Crippen LogP contribution in [0.1, 0.15) is 26.2 Å². The molecule has 2 atom stereocenters. The first kappa shape index (κ1) is 14.6. The molecule has 1 aromatic rings. The topological polar surface area (TPSA) is 72.4 Å². The van der Waals surface area contributed by atoms with Crippen LogP contribution in [0, 0.1) is 21.7 Å². The van der Waals surface area contributed by atoms with Crippen LogP contribution in [0.15, 0.2) is 12.1 Å². The maximum atomic E-state index is 14.1. The van der Waals surface area contributed by atoms with Crippen molar-refractivity contribution in [3.05, 3.63) is 33.9 Å². The molecule has 0 aromatic heterocycles. The van der Waals surface area contributed by atoms with Gasteiger partial charge in [-0.3, -0.25) is 10.1 Å². The van der Waals surface area contributed by atoms with Gasteiger partial charge in [0.15, 0.2) is 17.3 Å². The van der Waals surface area contributed by atoms with Crippen molar-refractivity contribution in [1.82, 2.24) is 0 Å². The Bertz CT molecular complexity index is 525. The minimum absolute atomic E-state index is 0.118. The van der Waals surface area contributed by atoms with Gasteiger partial charge < -0.3 is 10.6 Å². The highest BCUT2D eigenvalue weighted by atomic mass is 19.2. The molecule has 0 bridgehead atoms. The van der Waals surface area contributed by atoms with Gasteiger partial charge in [-0.05, 0) is 32.3 Å². The quantitative estimate of drug-likeness (QED) is 0.684. The molecule has 1 aliphatic rings. The second kappa shape index (κ2) is 5.70. The zero-order chi connectivity index (χ0) is 14.9. The summed E-state index contributed by atoms with van der Waals surface area (Å²) in [4.78, 5) is 12.0. The molecule has 20 heavy (non-hydrogen) atoms. The Balaban J connectivity index is 2.59. The summed E-state index contributed by atoms with van der Waals surface area (Å²) in [6.45, 7) is 2.09. The lowest BCUT2D eigenvalue weighted by atomic mass is 9.95. The lowest BCUT2D eigenvalue weighted by Gasteiger charge is -2.41. The van der Waals surface area contributed by atoms with Crippen molar-refractivity contribution in [2.75, 3.05) is 11.4 Å². The van der Waals surface area contributed by atoms with E-state index in [-0.39, 0.29) is 24.3 Å². The molecule has 1 saturated heterocycles. The number of anilines is 1. The molecule has 0 spiro atoms. The molecule has 2 unspecified atom stereocenters. The summed E-state index contributed by atoms with van der Waals surface area (Å²) >= 11 is 0. The van der Waals surface area contributed by atoms with Crippen molar-refractivity contribution in [2.45, 2.75) is 38.3 Å². The lowest BCUT2D eigenvalue weighted by Crippen LogP contribution is -2.49. The number of halogens is 2. The van der Waals surface area contributed by atoms with Gasteiger partial charge in [0.1, 0.15) is 0 Å². The molecule has 1 fully saturated rings. The van der Waals surface area contributed by atoms with Gasteiger partial charge in [-0.25, -0.2) is 8.78 Å². The van der Waals surface area contributed by atoms with Crippen molar-refractivity contribution < 1.29 is 13.7 Å². The van der Waals surface area contributed by atoms with Gasteiger partial charge in [0.05, 0.1) is 4.92 Å². The molecular weight excluding hydrogens is 268 g/mol. The van der Waals surface area contributed by atoms with Gasteiger partial charge in [-0.15, -0.1) is 0 Å². The molecule has 110 valence electrons. The number of piperidine rings is 1.